The molecule has 0 aliphatic heterocycles. The Bertz CT molecular complexity index is 565. The van der Waals surface area contributed by atoms with Crippen molar-refractivity contribution in [2.24, 2.45) is 5.41 Å². The summed E-state index contributed by atoms with van der Waals surface area (Å²) in [5.41, 5.74) is 2.23. The molecule has 1 aromatic carbocycles. The van der Waals surface area contributed by atoms with Crippen LogP contribution >= 0.6 is 0 Å². The third-order valence-corrected chi connectivity index (χ3v) is 3.01. The van der Waals surface area contributed by atoms with E-state index in [0.29, 0.717) is 5.41 Å². The highest BCUT2D eigenvalue weighted by atomic mass is 14.9. The molecule has 0 atom stereocenters. The Kier molecular flexibility index (Phi) is 2.93. The van der Waals surface area contributed by atoms with E-state index in [0.717, 1.165) is 24.0 Å². The van der Waals surface area contributed by atoms with Crippen LogP contribution in [0.1, 0.15) is 32.8 Å². The van der Waals surface area contributed by atoms with Gasteiger partial charge in [-0.25, -0.2) is 0 Å². The lowest BCUT2D eigenvalue weighted by molar-refractivity contribution is 0.353. The SMILES string of the molecule is CC(C)(C)CCn1ccc2ccc(C#N)cc21. The van der Waals surface area contributed by atoms with E-state index in [-0.39, 0.29) is 0 Å². The summed E-state index contributed by atoms with van der Waals surface area (Å²) in [6.07, 6.45) is 3.24. The molecule has 0 aliphatic rings. The first-order valence-corrected chi connectivity index (χ1v) is 5.99. The average Bonchev–Trinajstić information content (AvgIpc) is 2.67. The van der Waals surface area contributed by atoms with Gasteiger partial charge in [-0.05, 0) is 35.4 Å². The Morgan fingerprint density at radius 1 is 1.24 bits per heavy atom. The molecule has 0 N–H and O–H groups in total. The quantitative estimate of drug-likeness (QED) is 0.762. The first-order chi connectivity index (χ1) is 7.99. The van der Waals surface area contributed by atoms with Gasteiger partial charge in [0.25, 0.3) is 0 Å². The van der Waals surface area contributed by atoms with Crippen LogP contribution < -0.4 is 0 Å². The zero-order valence-corrected chi connectivity index (χ0v) is 10.7. The number of nitrogens with zero attached hydrogens (tertiary/aromatic N) is 2. The second kappa shape index (κ2) is 4.25. The van der Waals surface area contributed by atoms with Crippen molar-refractivity contribution < 1.29 is 0 Å². The summed E-state index contributed by atoms with van der Waals surface area (Å²) < 4.78 is 2.24. The van der Waals surface area contributed by atoms with Gasteiger partial charge >= 0.3 is 0 Å². The second-order valence-electron chi connectivity index (χ2n) is 5.71. The van der Waals surface area contributed by atoms with Gasteiger partial charge in [0.2, 0.25) is 0 Å². The summed E-state index contributed by atoms with van der Waals surface area (Å²) in [4.78, 5) is 0. The van der Waals surface area contributed by atoms with Gasteiger partial charge in [-0.15, -0.1) is 0 Å². The molecule has 2 heteroatoms. The Morgan fingerprint density at radius 3 is 2.65 bits per heavy atom. The highest BCUT2D eigenvalue weighted by Gasteiger charge is 2.11. The van der Waals surface area contributed by atoms with Gasteiger partial charge in [0, 0.05) is 18.3 Å². The molecule has 1 heterocycles. The van der Waals surface area contributed by atoms with Gasteiger partial charge in [0.1, 0.15) is 0 Å². The van der Waals surface area contributed by atoms with Crippen LogP contribution in [0.5, 0.6) is 0 Å². The van der Waals surface area contributed by atoms with Crippen LogP contribution in [0.4, 0.5) is 0 Å². The van der Waals surface area contributed by atoms with Crippen LogP contribution in [0.3, 0.4) is 0 Å². The van der Waals surface area contributed by atoms with Gasteiger partial charge in [0.15, 0.2) is 0 Å². The lowest BCUT2D eigenvalue weighted by atomic mass is 9.92. The number of fused-ring (bicyclic) bond motifs is 1. The first kappa shape index (κ1) is 11.7. The number of aromatic nitrogens is 1. The van der Waals surface area contributed by atoms with Crippen molar-refractivity contribution in [1.82, 2.24) is 4.57 Å². The zero-order chi connectivity index (χ0) is 12.5. The standard InChI is InChI=1S/C15H18N2/c1-15(2,3)7-9-17-8-6-13-5-4-12(11-16)10-14(13)17/h4-6,8,10H,7,9H2,1-3H3. The van der Waals surface area contributed by atoms with Crippen LogP contribution in [0, 0.1) is 16.7 Å². The van der Waals surface area contributed by atoms with E-state index in [1.807, 2.05) is 18.2 Å². The molecule has 0 amide bonds. The number of benzene rings is 1. The summed E-state index contributed by atoms with van der Waals surface area (Å²) in [6.45, 7) is 7.75. The van der Waals surface area contributed by atoms with Gasteiger partial charge in [0.05, 0.1) is 11.6 Å². The third kappa shape index (κ3) is 2.68. The van der Waals surface area contributed by atoms with Gasteiger partial charge in [-0.3, -0.25) is 0 Å². The smallest absolute Gasteiger partial charge is 0.0992 e. The fourth-order valence-electron chi connectivity index (χ4n) is 1.90. The molecular weight excluding hydrogens is 208 g/mol. The highest BCUT2D eigenvalue weighted by Crippen LogP contribution is 2.23. The fraction of sp³-hybridized carbons (Fsp3) is 0.400. The lowest BCUT2D eigenvalue weighted by Crippen LogP contribution is -2.09. The summed E-state index contributed by atoms with van der Waals surface area (Å²) in [5.74, 6) is 0. The molecule has 1 aromatic heterocycles. The Hall–Kier alpha value is -1.75. The zero-order valence-electron chi connectivity index (χ0n) is 10.7. The number of hydrogen-bond acceptors (Lipinski definition) is 1. The first-order valence-electron chi connectivity index (χ1n) is 5.99. The van der Waals surface area contributed by atoms with E-state index in [4.69, 9.17) is 5.26 Å². The summed E-state index contributed by atoms with van der Waals surface area (Å²) in [5, 5.41) is 10.1. The van der Waals surface area contributed by atoms with Gasteiger partial charge in [-0.2, -0.15) is 5.26 Å². The molecule has 0 spiro atoms. The van der Waals surface area contributed by atoms with E-state index < -0.39 is 0 Å². The number of nitriles is 1. The molecule has 0 aliphatic carbocycles. The highest BCUT2D eigenvalue weighted by molar-refractivity contribution is 5.81. The normalized spacial score (nSPS) is 11.6. The minimum atomic E-state index is 0.337. The molecule has 2 nitrogen and oxygen atoms in total. The molecule has 2 rings (SSSR count). The molecule has 0 saturated heterocycles. The number of aryl methyl sites for hydroxylation is 1. The minimum Gasteiger partial charge on any atom is -0.347 e. The Balaban J connectivity index is 2.32. The average molecular weight is 226 g/mol. The molecule has 0 radical (unpaired) electrons. The Morgan fingerprint density at radius 2 is 2.00 bits per heavy atom. The monoisotopic (exact) mass is 226 g/mol. The Labute approximate surface area is 102 Å². The third-order valence-electron chi connectivity index (χ3n) is 3.01. The van der Waals surface area contributed by atoms with E-state index in [1.165, 1.54) is 5.39 Å². The van der Waals surface area contributed by atoms with Crippen molar-refractivity contribution in [3.63, 3.8) is 0 Å². The molecule has 0 bridgehead atoms. The maximum atomic E-state index is 8.93. The maximum Gasteiger partial charge on any atom is 0.0992 e. The molecule has 0 saturated carbocycles. The van der Waals surface area contributed by atoms with Crippen LogP contribution in [-0.4, -0.2) is 4.57 Å². The van der Waals surface area contributed by atoms with Crippen molar-refractivity contribution in [3.05, 3.63) is 36.0 Å². The number of hydrogen-bond donors (Lipinski definition) is 0. The molecule has 88 valence electrons. The predicted molar refractivity (Wildman–Crippen MR) is 70.7 cm³/mol. The summed E-state index contributed by atoms with van der Waals surface area (Å²) in [6, 6.07) is 10.2. The molecule has 2 aromatic rings. The van der Waals surface area contributed by atoms with Crippen molar-refractivity contribution in [1.29, 1.82) is 5.26 Å². The van der Waals surface area contributed by atoms with Crippen molar-refractivity contribution in [2.75, 3.05) is 0 Å². The van der Waals surface area contributed by atoms with Crippen LogP contribution in [-0.2, 0) is 6.54 Å². The lowest BCUT2D eigenvalue weighted by Gasteiger charge is -2.18. The molecule has 17 heavy (non-hydrogen) atoms. The molecule has 0 fully saturated rings. The largest absolute Gasteiger partial charge is 0.347 e. The fourth-order valence-corrected chi connectivity index (χ4v) is 1.90. The van der Waals surface area contributed by atoms with Gasteiger partial charge in [-0.1, -0.05) is 26.8 Å². The van der Waals surface area contributed by atoms with Crippen LogP contribution in [0.15, 0.2) is 30.5 Å². The topological polar surface area (TPSA) is 28.7 Å². The van der Waals surface area contributed by atoms with E-state index in [1.54, 1.807) is 0 Å². The predicted octanol–water partition coefficient (Wildman–Crippen LogP) is 3.95. The van der Waals surface area contributed by atoms with E-state index >= 15 is 0 Å². The molecule has 0 unspecified atom stereocenters. The van der Waals surface area contributed by atoms with E-state index in [2.05, 4.69) is 43.7 Å². The summed E-state index contributed by atoms with van der Waals surface area (Å²) in [7, 11) is 0. The van der Waals surface area contributed by atoms with E-state index in [9.17, 15) is 0 Å². The van der Waals surface area contributed by atoms with Crippen LogP contribution in [0.2, 0.25) is 0 Å². The van der Waals surface area contributed by atoms with Crippen molar-refractivity contribution in [2.45, 2.75) is 33.7 Å². The number of rotatable bonds is 2. The minimum absolute atomic E-state index is 0.337. The van der Waals surface area contributed by atoms with Crippen molar-refractivity contribution >= 4 is 10.9 Å². The second-order valence-corrected chi connectivity index (χ2v) is 5.71. The maximum absolute atomic E-state index is 8.93. The van der Waals surface area contributed by atoms with Gasteiger partial charge < -0.3 is 4.57 Å². The summed E-state index contributed by atoms with van der Waals surface area (Å²) >= 11 is 0. The molecular formula is C15H18N2. The van der Waals surface area contributed by atoms with Crippen molar-refractivity contribution in [3.8, 4) is 6.07 Å². The van der Waals surface area contributed by atoms with Crippen LogP contribution in [0.25, 0.3) is 10.9 Å².